The Kier molecular flexibility index (Phi) is 7.99. The molecule has 0 radical (unpaired) electrons. The Morgan fingerprint density at radius 1 is 1.09 bits per heavy atom. The standard InChI is InChI=1S/C15H26N4O4/c1-7(2)11(14(21)18-10(6)15(22)23)19-13(20)9(5)17-12(16)8(3)4/h7,9-11H,3H2,1-2,4-6H3,(H2,16,17)(H,18,21)(H,19,20)(H,22,23)/t9-,10?,11?/m0/s1. The van der Waals surface area contributed by atoms with Gasteiger partial charge in [-0.25, -0.2) is 0 Å². The van der Waals surface area contributed by atoms with Crippen molar-refractivity contribution in [2.75, 3.05) is 0 Å². The second-order valence-electron chi connectivity index (χ2n) is 5.77. The Bertz CT molecular complexity index is 514. The number of aliphatic imine (C=N–C) groups is 1. The van der Waals surface area contributed by atoms with Gasteiger partial charge in [0.05, 0.1) is 0 Å². The van der Waals surface area contributed by atoms with Crippen molar-refractivity contribution in [2.24, 2.45) is 16.6 Å². The highest BCUT2D eigenvalue weighted by molar-refractivity contribution is 5.98. The van der Waals surface area contributed by atoms with Crippen molar-refractivity contribution in [3.05, 3.63) is 12.2 Å². The molecule has 0 aliphatic rings. The number of rotatable bonds is 8. The zero-order valence-corrected chi connectivity index (χ0v) is 14.2. The first-order valence-corrected chi connectivity index (χ1v) is 7.30. The highest BCUT2D eigenvalue weighted by Crippen LogP contribution is 2.04. The highest BCUT2D eigenvalue weighted by Gasteiger charge is 2.28. The number of carbonyl (C=O) groups excluding carboxylic acids is 2. The van der Waals surface area contributed by atoms with Gasteiger partial charge in [-0.1, -0.05) is 20.4 Å². The maximum Gasteiger partial charge on any atom is 0.325 e. The Balaban J connectivity index is 4.98. The van der Waals surface area contributed by atoms with Crippen molar-refractivity contribution in [1.29, 1.82) is 0 Å². The van der Waals surface area contributed by atoms with Crippen LogP contribution in [0.3, 0.4) is 0 Å². The van der Waals surface area contributed by atoms with Gasteiger partial charge in [-0.05, 0) is 32.3 Å². The topological polar surface area (TPSA) is 134 Å². The molecule has 0 fully saturated rings. The number of carboxylic acids is 1. The summed E-state index contributed by atoms with van der Waals surface area (Å²) < 4.78 is 0. The minimum Gasteiger partial charge on any atom is -0.480 e. The van der Waals surface area contributed by atoms with Crippen LogP contribution in [0.25, 0.3) is 0 Å². The molecule has 8 nitrogen and oxygen atoms in total. The molecule has 0 saturated heterocycles. The first kappa shape index (κ1) is 20.6. The maximum atomic E-state index is 12.1. The number of aliphatic carboxylic acids is 1. The van der Waals surface area contributed by atoms with E-state index in [2.05, 4.69) is 22.2 Å². The van der Waals surface area contributed by atoms with Gasteiger partial charge in [-0.3, -0.25) is 19.4 Å². The maximum absolute atomic E-state index is 12.1. The van der Waals surface area contributed by atoms with Crippen molar-refractivity contribution in [2.45, 2.75) is 52.7 Å². The lowest BCUT2D eigenvalue weighted by Gasteiger charge is -2.23. The number of hydrogen-bond donors (Lipinski definition) is 4. The van der Waals surface area contributed by atoms with Gasteiger partial charge in [0.15, 0.2) is 0 Å². The number of nitrogens with two attached hydrogens (primary N) is 1. The van der Waals surface area contributed by atoms with E-state index in [1.54, 1.807) is 27.7 Å². The third-order valence-electron chi connectivity index (χ3n) is 3.13. The monoisotopic (exact) mass is 326 g/mol. The minimum atomic E-state index is -1.15. The number of carboxylic acid groups (broad SMARTS) is 1. The summed E-state index contributed by atoms with van der Waals surface area (Å²) in [4.78, 5) is 39.1. The van der Waals surface area contributed by atoms with Gasteiger partial charge in [0, 0.05) is 0 Å². The van der Waals surface area contributed by atoms with Crippen LogP contribution in [0.1, 0.15) is 34.6 Å². The van der Waals surface area contributed by atoms with E-state index in [4.69, 9.17) is 10.8 Å². The van der Waals surface area contributed by atoms with Crippen LogP contribution in [0.4, 0.5) is 0 Å². The van der Waals surface area contributed by atoms with E-state index in [9.17, 15) is 14.4 Å². The molecule has 0 heterocycles. The predicted molar refractivity (Wildman–Crippen MR) is 87.9 cm³/mol. The fourth-order valence-electron chi connectivity index (χ4n) is 1.55. The fourth-order valence-corrected chi connectivity index (χ4v) is 1.55. The lowest BCUT2D eigenvalue weighted by atomic mass is 10.0. The molecule has 0 rings (SSSR count). The van der Waals surface area contributed by atoms with Crippen LogP contribution in [-0.2, 0) is 14.4 Å². The zero-order chi connectivity index (χ0) is 18.3. The summed E-state index contributed by atoms with van der Waals surface area (Å²) in [6.45, 7) is 11.7. The third-order valence-corrected chi connectivity index (χ3v) is 3.13. The molecule has 0 aliphatic carbocycles. The smallest absolute Gasteiger partial charge is 0.325 e. The molecule has 0 saturated carbocycles. The second kappa shape index (κ2) is 8.92. The Hall–Kier alpha value is -2.38. The molecule has 23 heavy (non-hydrogen) atoms. The van der Waals surface area contributed by atoms with E-state index in [0.29, 0.717) is 5.57 Å². The van der Waals surface area contributed by atoms with Crippen LogP contribution in [0.2, 0.25) is 0 Å². The molecule has 0 aliphatic heterocycles. The fraction of sp³-hybridized carbons (Fsp3) is 0.600. The number of nitrogens with one attached hydrogen (secondary N) is 2. The number of nitrogens with zero attached hydrogens (tertiary/aromatic N) is 1. The average Bonchev–Trinajstić information content (AvgIpc) is 2.43. The molecule has 3 atom stereocenters. The normalized spacial score (nSPS) is 15.5. The van der Waals surface area contributed by atoms with Gasteiger partial charge in [0.25, 0.3) is 0 Å². The van der Waals surface area contributed by atoms with E-state index < -0.39 is 35.9 Å². The summed E-state index contributed by atoms with van der Waals surface area (Å²) >= 11 is 0. The summed E-state index contributed by atoms with van der Waals surface area (Å²) in [6.07, 6.45) is 0. The van der Waals surface area contributed by atoms with Gasteiger partial charge < -0.3 is 21.5 Å². The molecule has 2 unspecified atom stereocenters. The third kappa shape index (κ3) is 6.94. The highest BCUT2D eigenvalue weighted by atomic mass is 16.4. The summed E-state index contributed by atoms with van der Waals surface area (Å²) in [6, 6.07) is -2.71. The first-order chi connectivity index (χ1) is 10.5. The van der Waals surface area contributed by atoms with Crippen LogP contribution < -0.4 is 16.4 Å². The van der Waals surface area contributed by atoms with E-state index >= 15 is 0 Å². The molecular formula is C15H26N4O4. The van der Waals surface area contributed by atoms with E-state index in [-0.39, 0.29) is 11.8 Å². The number of amidine groups is 1. The van der Waals surface area contributed by atoms with Gasteiger partial charge in [-0.15, -0.1) is 0 Å². The molecule has 130 valence electrons. The first-order valence-electron chi connectivity index (χ1n) is 7.30. The SMILES string of the molecule is C=C(C)C(N)=N[C@@H](C)C(=O)NC(C(=O)NC(C)C(=O)O)C(C)C. The quantitative estimate of drug-likeness (QED) is 0.369. The van der Waals surface area contributed by atoms with Crippen LogP contribution in [-0.4, -0.2) is 46.9 Å². The molecule has 8 heteroatoms. The molecule has 0 aromatic heterocycles. The van der Waals surface area contributed by atoms with Crippen molar-refractivity contribution in [1.82, 2.24) is 10.6 Å². The second-order valence-corrected chi connectivity index (χ2v) is 5.77. The molecule has 0 aromatic carbocycles. The lowest BCUT2D eigenvalue weighted by Crippen LogP contribution is -2.54. The predicted octanol–water partition coefficient (Wildman–Crippen LogP) is 0.0383. The molecule has 0 bridgehead atoms. The molecular weight excluding hydrogens is 300 g/mol. The van der Waals surface area contributed by atoms with Crippen molar-refractivity contribution >= 4 is 23.6 Å². The average molecular weight is 326 g/mol. The van der Waals surface area contributed by atoms with Gasteiger partial charge in [0.2, 0.25) is 11.8 Å². The Morgan fingerprint density at radius 2 is 1.61 bits per heavy atom. The molecule has 0 aromatic rings. The summed E-state index contributed by atoms with van der Waals surface area (Å²) in [5, 5.41) is 13.7. The largest absolute Gasteiger partial charge is 0.480 e. The van der Waals surface area contributed by atoms with Crippen LogP contribution in [0.15, 0.2) is 17.1 Å². The summed E-state index contributed by atoms with van der Waals surface area (Å²) in [5.74, 6) is -2.26. The van der Waals surface area contributed by atoms with Crippen molar-refractivity contribution < 1.29 is 19.5 Å². The van der Waals surface area contributed by atoms with Crippen LogP contribution in [0.5, 0.6) is 0 Å². The van der Waals surface area contributed by atoms with Gasteiger partial charge in [0.1, 0.15) is 24.0 Å². The molecule has 0 spiro atoms. The number of amides is 2. The van der Waals surface area contributed by atoms with E-state index in [0.717, 1.165) is 0 Å². The van der Waals surface area contributed by atoms with Crippen molar-refractivity contribution in [3.8, 4) is 0 Å². The van der Waals surface area contributed by atoms with Gasteiger partial charge in [-0.2, -0.15) is 0 Å². The van der Waals surface area contributed by atoms with E-state index in [1.165, 1.54) is 6.92 Å². The van der Waals surface area contributed by atoms with Crippen LogP contribution >= 0.6 is 0 Å². The van der Waals surface area contributed by atoms with E-state index in [1.807, 2.05) is 0 Å². The minimum absolute atomic E-state index is 0.165. The zero-order valence-electron chi connectivity index (χ0n) is 14.2. The summed E-state index contributed by atoms with van der Waals surface area (Å²) in [7, 11) is 0. The number of carbonyl (C=O) groups is 3. The van der Waals surface area contributed by atoms with Crippen molar-refractivity contribution in [3.63, 3.8) is 0 Å². The Labute approximate surface area is 136 Å². The summed E-state index contributed by atoms with van der Waals surface area (Å²) in [5.41, 5.74) is 6.17. The van der Waals surface area contributed by atoms with Crippen LogP contribution in [0, 0.1) is 5.92 Å². The Morgan fingerprint density at radius 3 is 2.00 bits per heavy atom. The molecule has 5 N–H and O–H groups in total. The molecule has 2 amide bonds. The number of hydrogen-bond acceptors (Lipinski definition) is 4. The van der Waals surface area contributed by atoms with Gasteiger partial charge >= 0.3 is 5.97 Å². The lowest BCUT2D eigenvalue weighted by molar-refractivity contribution is -0.142.